The molecule has 2 nitrogen and oxygen atoms in total. The van der Waals surface area contributed by atoms with Crippen molar-refractivity contribution in [3.05, 3.63) is 34.9 Å². The highest BCUT2D eigenvalue weighted by molar-refractivity contribution is 6.31. The number of aliphatic hydroxyl groups is 1. The Hall–Kier alpha value is -0.570. The smallest absolute Gasteiger partial charge is 0.0512 e. The van der Waals surface area contributed by atoms with Crippen LogP contribution in [0.2, 0.25) is 5.02 Å². The first-order valence-electron chi connectivity index (χ1n) is 5.54. The number of hydrogen-bond acceptors (Lipinski definition) is 2. The Bertz CT molecular complexity index is 333. The van der Waals surface area contributed by atoms with Gasteiger partial charge >= 0.3 is 0 Å². The Labute approximate surface area is 103 Å². The summed E-state index contributed by atoms with van der Waals surface area (Å²) in [5.41, 5.74) is 1.05. The van der Waals surface area contributed by atoms with Crippen molar-refractivity contribution in [2.24, 2.45) is 0 Å². The Kier molecular flexibility index (Phi) is 4.78. The molecule has 0 saturated carbocycles. The van der Waals surface area contributed by atoms with Crippen molar-refractivity contribution in [2.45, 2.75) is 32.2 Å². The molecule has 2 N–H and O–H groups in total. The molecule has 3 heteroatoms. The molecule has 0 saturated heterocycles. The fourth-order valence-corrected chi connectivity index (χ4v) is 1.80. The minimum Gasteiger partial charge on any atom is -0.396 e. The van der Waals surface area contributed by atoms with Crippen LogP contribution in [-0.4, -0.2) is 23.8 Å². The number of benzene rings is 1. The Morgan fingerprint density at radius 3 is 2.44 bits per heavy atom. The van der Waals surface area contributed by atoms with E-state index in [4.69, 9.17) is 11.6 Å². The van der Waals surface area contributed by atoms with Gasteiger partial charge in [-0.3, -0.25) is 0 Å². The summed E-state index contributed by atoms with van der Waals surface area (Å²) in [5, 5.41) is 13.5. The van der Waals surface area contributed by atoms with E-state index in [1.807, 2.05) is 24.3 Å². The minimum absolute atomic E-state index is 0.0490. The van der Waals surface area contributed by atoms with E-state index >= 15 is 0 Å². The van der Waals surface area contributed by atoms with Crippen molar-refractivity contribution in [3.63, 3.8) is 0 Å². The third kappa shape index (κ3) is 4.12. The molecular weight excluding hydrogens is 222 g/mol. The molecule has 1 aromatic rings. The molecule has 1 aromatic carbocycles. The third-order valence-corrected chi connectivity index (χ3v) is 2.79. The second-order valence-electron chi connectivity index (χ2n) is 5.03. The molecule has 0 aliphatic carbocycles. The maximum absolute atomic E-state index is 9.40. The molecule has 16 heavy (non-hydrogen) atoms. The lowest BCUT2D eigenvalue weighted by molar-refractivity contribution is 0.252. The Morgan fingerprint density at radius 2 is 1.94 bits per heavy atom. The molecule has 0 aliphatic heterocycles. The lowest BCUT2D eigenvalue weighted by Crippen LogP contribution is -2.39. The van der Waals surface area contributed by atoms with Crippen LogP contribution in [0.3, 0.4) is 0 Å². The first kappa shape index (κ1) is 13.5. The van der Waals surface area contributed by atoms with Gasteiger partial charge in [0.25, 0.3) is 0 Å². The zero-order valence-corrected chi connectivity index (χ0v) is 10.9. The van der Waals surface area contributed by atoms with Gasteiger partial charge in [0.15, 0.2) is 0 Å². The number of nitrogens with one attached hydrogen (secondary N) is 1. The third-order valence-electron chi connectivity index (χ3n) is 2.44. The Balaban J connectivity index is 2.72. The average molecular weight is 242 g/mol. The topological polar surface area (TPSA) is 32.3 Å². The van der Waals surface area contributed by atoms with Crippen molar-refractivity contribution < 1.29 is 5.11 Å². The van der Waals surface area contributed by atoms with Gasteiger partial charge in [-0.2, -0.15) is 0 Å². The largest absolute Gasteiger partial charge is 0.396 e. The van der Waals surface area contributed by atoms with Crippen LogP contribution in [0.5, 0.6) is 0 Å². The maximum Gasteiger partial charge on any atom is 0.0512 e. The highest BCUT2D eigenvalue weighted by Gasteiger charge is 2.16. The quantitative estimate of drug-likeness (QED) is 0.850. The number of hydrogen-bond donors (Lipinski definition) is 2. The molecule has 0 fully saturated rings. The van der Waals surface area contributed by atoms with Gasteiger partial charge in [0, 0.05) is 23.0 Å². The second-order valence-corrected chi connectivity index (χ2v) is 5.44. The molecule has 0 amide bonds. The molecule has 1 atom stereocenters. The van der Waals surface area contributed by atoms with Gasteiger partial charge in [-0.25, -0.2) is 0 Å². The van der Waals surface area contributed by atoms with Gasteiger partial charge in [-0.15, -0.1) is 0 Å². The van der Waals surface area contributed by atoms with Gasteiger partial charge in [-0.1, -0.05) is 29.8 Å². The molecule has 0 radical (unpaired) electrons. The fraction of sp³-hybridized carbons (Fsp3) is 0.538. The molecule has 0 bridgehead atoms. The van der Waals surface area contributed by atoms with E-state index in [1.54, 1.807) is 0 Å². The molecule has 1 rings (SSSR count). The molecule has 0 unspecified atom stereocenters. The van der Waals surface area contributed by atoms with E-state index in [0.717, 1.165) is 17.1 Å². The summed E-state index contributed by atoms with van der Waals surface area (Å²) in [5.74, 6) is 0.0490. The van der Waals surface area contributed by atoms with Crippen molar-refractivity contribution in [2.75, 3.05) is 13.2 Å². The number of halogens is 1. The maximum atomic E-state index is 9.40. The van der Waals surface area contributed by atoms with E-state index in [2.05, 4.69) is 26.1 Å². The van der Waals surface area contributed by atoms with Gasteiger partial charge in [0.05, 0.1) is 6.61 Å². The normalized spacial score (nSPS) is 13.8. The summed E-state index contributed by atoms with van der Waals surface area (Å²) < 4.78 is 0. The van der Waals surface area contributed by atoms with Crippen molar-refractivity contribution in [1.82, 2.24) is 5.32 Å². The standard InChI is InChI=1S/C13H20ClNO/c1-13(2,3)15-8-10(9-16)11-6-4-5-7-12(11)14/h4-7,10,15-16H,8-9H2,1-3H3/t10-/m1/s1. The zero-order chi connectivity index (χ0) is 12.2. The van der Waals surface area contributed by atoms with Crippen molar-refractivity contribution in [1.29, 1.82) is 0 Å². The summed E-state index contributed by atoms with van der Waals surface area (Å²) in [4.78, 5) is 0. The predicted octanol–water partition coefficient (Wildman–Crippen LogP) is 2.80. The minimum atomic E-state index is 0.0490. The summed E-state index contributed by atoms with van der Waals surface area (Å²) in [6.07, 6.45) is 0. The number of aliphatic hydroxyl groups excluding tert-OH is 1. The highest BCUT2D eigenvalue weighted by Crippen LogP contribution is 2.24. The van der Waals surface area contributed by atoms with Gasteiger partial charge in [0.1, 0.15) is 0 Å². The molecule has 0 heterocycles. The van der Waals surface area contributed by atoms with Gasteiger partial charge in [0.2, 0.25) is 0 Å². The monoisotopic (exact) mass is 241 g/mol. The Morgan fingerprint density at radius 1 is 1.31 bits per heavy atom. The van der Waals surface area contributed by atoms with Crippen LogP contribution in [-0.2, 0) is 0 Å². The van der Waals surface area contributed by atoms with Gasteiger partial charge in [-0.05, 0) is 32.4 Å². The molecule has 90 valence electrons. The SMILES string of the molecule is CC(C)(C)NC[C@H](CO)c1ccccc1Cl. The lowest BCUT2D eigenvalue weighted by Gasteiger charge is -2.25. The summed E-state index contributed by atoms with van der Waals surface area (Å²) in [7, 11) is 0. The summed E-state index contributed by atoms with van der Waals surface area (Å²) in [6.45, 7) is 7.15. The highest BCUT2D eigenvalue weighted by atomic mass is 35.5. The van der Waals surface area contributed by atoms with Crippen LogP contribution in [0.15, 0.2) is 24.3 Å². The van der Waals surface area contributed by atoms with E-state index in [-0.39, 0.29) is 18.1 Å². The van der Waals surface area contributed by atoms with Crippen molar-refractivity contribution in [3.8, 4) is 0 Å². The van der Waals surface area contributed by atoms with Crippen LogP contribution >= 0.6 is 11.6 Å². The van der Waals surface area contributed by atoms with Crippen LogP contribution in [0.1, 0.15) is 32.3 Å². The van der Waals surface area contributed by atoms with E-state index < -0.39 is 0 Å². The van der Waals surface area contributed by atoms with E-state index in [9.17, 15) is 5.11 Å². The molecule has 0 aromatic heterocycles. The molecule has 0 aliphatic rings. The molecular formula is C13H20ClNO. The van der Waals surface area contributed by atoms with Crippen LogP contribution < -0.4 is 5.32 Å². The number of rotatable bonds is 4. The summed E-state index contributed by atoms with van der Waals surface area (Å²) in [6, 6.07) is 7.67. The van der Waals surface area contributed by atoms with Crippen molar-refractivity contribution >= 4 is 11.6 Å². The first-order chi connectivity index (χ1) is 7.44. The van der Waals surface area contributed by atoms with Gasteiger partial charge < -0.3 is 10.4 Å². The fourth-order valence-electron chi connectivity index (χ4n) is 1.51. The van der Waals surface area contributed by atoms with E-state index in [0.29, 0.717) is 0 Å². The lowest BCUT2D eigenvalue weighted by atomic mass is 9.98. The van der Waals surface area contributed by atoms with Crippen LogP contribution in [0.4, 0.5) is 0 Å². The second kappa shape index (κ2) is 5.67. The average Bonchev–Trinajstić information content (AvgIpc) is 2.20. The van der Waals surface area contributed by atoms with Crippen LogP contribution in [0.25, 0.3) is 0 Å². The van der Waals surface area contributed by atoms with E-state index in [1.165, 1.54) is 0 Å². The first-order valence-corrected chi connectivity index (χ1v) is 5.92. The van der Waals surface area contributed by atoms with Crippen LogP contribution in [0, 0.1) is 0 Å². The summed E-state index contributed by atoms with van der Waals surface area (Å²) >= 11 is 6.11. The zero-order valence-electron chi connectivity index (χ0n) is 10.1. The predicted molar refractivity (Wildman–Crippen MR) is 69.0 cm³/mol. The molecule has 0 spiro atoms.